The predicted molar refractivity (Wildman–Crippen MR) is 94.4 cm³/mol. The molecule has 1 saturated carbocycles. The molecule has 0 spiro atoms. The molecule has 2 heterocycles. The number of aldehydes is 1. The van der Waals surface area contributed by atoms with Crippen LogP contribution < -0.4 is 0 Å². The van der Waals surface area contributed by atoms with Crippen LogP contribution in [0.15, 0.2) is 36.0 Å². The van der Waals surface area contributed by atoms with Gasteiger partial charge >= 0.3 is 11.9 Å². The largest absolute Gasteiger partial charge is 0.458 e. The summed E-state index contributed by atoms with van der Waals surface area (Å²) in [6.07, 6.45) is -1.17. The van der Waals surface area contributed by atoms with Crippen molar-refractivity contribution < 1.29 is 33.7 Å². The van der Waals surface area contributed by atoms with Crippen molar-refractivity contribution in [3.8, 4) is 0 Å². The number of hydrogen-bond donors (Lipinski definition) is 1. The van der Waals surface area contributed by atoms with E-state index in [0.29, 0.717) is 18.5 Å². The van der Waals surface area contributed by atoms with Gasteiger partial charge in [-0.15, -0.1) is 0 Å². The maximum Gasteiger partial charge on any atom is 0.334 e. The highest BCUT2D eigenvalue weighted by atomic mass is 16.6. The van der Waals surface area contributed by atoms with Crippen LogP contribution >= 0.6 is 0 Å². The number of rotatable bonds is 5. The van der Waals surface area contributed by atoms with Crippen LogP contribution in [0.4, 0.5) is 0 Å². The molecule has 3 aliphatic rings. The highest BCUT2D eigenvalue weighted by Crippen LogP contribution is 2.56. The number of epoxide rings is 1. The topological polar surface area (TPSA) is 102 Å². The third-order valence-corrected chi connectivity index (χ3v) is 6.14. The van der Waals surface area contributed by atoms with Gasteiger partial charge in [-0.1, -0.05) is 26.2 Å². The molecular formula is C20H24O7. The Morgan fingerprint density at radius 3 is 2.59 bits per heavy atom. The van der Waals surface area contributed by atoms with Crippen LogP contribution in [0, 0.1) is 17.3 Å². The fourth-order valence-electron chi connectivity index (χ4n) is 4.31. The van der Waals surface area contributed by atoms with Gasteiger partial charge in [-0.25, -0.2) is 9.59 Å². The Labute approximate surface area is 157 Å². The molecule has 7 heteroatoms. The van der Waals surface area contributed by atoms with E-state index < -0.39 is 47.5 Å². The van der Waals surface area contributed by atoms with Crippen molar-refractivity contribution in [3.05, 3.63) is 36.0 Å². The summed E-state index contributed by atoms with van der Waals surface area (Å²) in [6, 6.07) is 0. The molecule has 0 unspecified atom stereocenters. The molecule has 0 amide bonds. The first-order chi connectivity index (χ1) is 12.7. The number of hydrogen-bond acceptors (Lipinski definition) is 7. The van der Waals surface area contributed by atoms with Gasteiger partial charge in [0.25, 0.3) is 0 Å². The van der Waals surface area contributed by atoms with Crippen molar-refractivity contribution >= 4 is 18.2 Å². The number of aliphatic hydroxyl groups is 1. The Kier molecular flexibility index (Phi) is 4.86. The molecule has 0 aromatic rings. The molecule has 2 aliphatic heterocycles. The molecular weight excluding hydrogens is 352 g/mol. The Balaban J connectivity index is 2.12. The van der Waals surface area contributed by atoms with Crippen molar-refractivity contribution in [3.63, 3.8) is 0 Å². The van der Waals surface area contributed by atoms with Crippen molar-refractivity contribution in [2.24, 2.45) is 17.3 Å². The van der Waals surface area contributed by atoms with E-state index in [9.17, 15) is 19.5 Å². The summed E-state index contributed by atoms with van der Waals surface area (Å²) in [5, 5.41) is 11.1. The van der Waals surface area contributed by atoms with E-state index in [1.807, 2.05) is 0 Å². The average molecular weight is 376 g/mol. The number of carbonyl (C=O) groups excluding carboxylic acids is 3. The van der Waals surface area contributed by atoms with Gasteiger partial charge in [0, 0.05) is 22.5 Å². The molecule has 0 aromatic heterocycles. The number of ether oxygens (including phenoxy) is 3. The van der Waals surface area contributed by atoms with E-state index in [4.69, 9.17) is 14.2 Å². The maximum absolute atomic E-state index is 12.5. The zero-order valence-electron chi connectivity index (χ0n) is 15.6. The number of carbonyl (C=O) groups is 3. The minimum Gasteiger partial charge on any atom is -0.458 e. The zero-order chi connectivity index (χ0) is 20.1. The molecule has 1 N–H and O–H groups in total. The highest BCUT2D eigenvalue weighted by molar-refractivity contribution is 5.92. The lowest BCUT2D eigenvalue weighted by Gasteiger charge is -2.51. The Morgan fingerprint density at radius 1 is 1.44 bits per heavy atom. The first-order valence-electron chi connectivity index (χ1n) is 8.85. The smallest absolute Gasteiger partial charge is 0.334 e. The molecule has 3 fully saturated rings. The van der Waals surface area contributed by atoms with E-state index in [0.717, 1.165) is 0 Å². The minimum absolute atomic E-state index is 0.109. The molecule has 0 aromatic carbocycles. The van der Waals surface area contributed by atoms with Crippen molar-refractivity contribution in [1.82, 2.24) is 0 Å². The standard InChI is InChI=1S/C20H24O7/c1-6-9(2)18(23)26-15-13-11(4)19(24)27-16(13)17(22)20(5,12-8-25-12)14(15)10(3)7-21/h6-7,12-17,22H,3-4,8H2,1-2,5H3/b9-6-/t12-,13-,14+,15+,16+,17+,20-/m0/s1. The molecule has 2 saturated heterocycles. The normalized spacial score (nSPS) is 40.8. The quantitative estimate of drug-likeness (QED) is 0.332. The van der Waals surface area contributed by atoms with Crippen LogP contribution in [0.3, 0.4) is 0 Å². The second-order valence-corrected chi connectivity index (χ2v) is 7.57. The van der Waals surface area contributed by atoms with Crippen LogP contribution in [-0.2, 0) is 28.6 Å². The molecule has 146 valence electrons. The van der Waals surface area contributed by atoms with Gasteiger partial charge in [0.2, 0.25) is 0 Å². The van der Waals surface area contributed by atoms with Crippen LogP contribution in [0.1, 0.15) is 20.8 Å². The molecule has 0 radical (unpaired) electrons. The van der Waals surface area contributed by atoms with E-state index in [2.05, 4.69) is 13.2 Å². The lowest BCUT2D eigenvalue weighted by atomic mass is 9.56. The van der Waals surface area contributed by atoms with E-state index >= 15 is 0 Å². The van der Waals surface area contributed by atoms with Crippen LogP contribution in [0.5, 0.6) is 0 Å². The number of allylic oxidation sites excluding steroid dienone is 1. The number of esters is 2. The summed E-state index contributed by atoms with van der Waals surface area (Å²) < 4.78 is 16.5. The highest BCUT2D eigenvalue weighted by Gasteiger charge is 2.68. The Bertz CT molecular complexity index is 747. The van der Waals surface area contributed by atoms with Gasteiger partial charge in [-0.05, 0) is 19.4 Å². The van der Waals surface area contributed by atoms with Gasteiger partial charge in [0.15, 0.2) is 0 Å². The van der Waals surface area contributed by atoms with Gasteiger partial charge in [-0.2, -0.15) is 0 Å². The minimum atomic E-state index is -1.13. The molecule has 27 heavy (non-hydrogen) atoms. The fourth-order valence-corrected chi connectivity index (χ4v) is 4.31. The third kappa shape index (κ3) is 2.85. The van der Waals surface area contributed by atoms with Gasteiger partial charge < -0.3 is 19.3 Å². The lowest BCUT2D eigenvalue weighted by Crippen LogP contribution is -2.63. The van der Waals surface area contributed by atoms with Crippen LogP contribution in [0.25, 0.3) is 0 Å². The Hall–Kier alpha value is -2.25. The summed E-state index contributed by atoms with van der Waals surface area (Å²) in [6.45, 7) is 13.0. The monoisotopic (exact) mass is 376 g/mol. The van der Waals surface area contributed by atoms with Gasteiger partial charge in [-0.3, -0.25) is 4.79 Å². The molecule has 1 aliphatic carbocycles. The van der Waals surface area contributed by atoms with E-state index in [1.54, 1.807) is 26.8 Å². The Morgan fingerprint density at radius 2 is 2.07 bits per heavy atom. The second-order valence-electron chi connectivity index (χ2n) is 7.57. The predicted octanol–water partition coefficient (Wildman–Crippen LogP) is 1.11. The molecule has 0 bridgehead atoms. The SMILES string of the molecule is C=C1C(=O)O[C@@H]2[C@@H]1[C@@H](OC(=O)/C(C)=C\C)[C@@H](C(=C)C=O)[C@](C)([C@@H]1CO1)[C@@H]2O. The summed E-state index contributed by atoms with van der Waals surface area (Å²) in [7, 11) is 0. The molecule has 3 rings (SSSR count). The zero-order valence-corrected chi connectivity index (χ0v) is 15.6. The van der Waals surface area contributed by atoms with Gasteiger partial charge in [0.1, 0.15) is 24.6 Å². The fraction of sp³-hybridized carbons (Fsp3) is 0.550. The summed E-state index contributed by atoms with van der Waals surface area (Å²) in [5.74, 6) is -2.75. The number of aliphatic hydroxyl groups excluding tert-OH is 1. The van der Waals surface area contributed by atoms with E-state index in [1.165, 1.54) is 0 Å². The van der Waals surface area contributed by atoms with Crippen LogP contribution in [-0.4, -0.2) is 54.4 Å². The van der Waals surface area contributed by atoms with E-state index in [-0.39, 0.29) is 17.3 Å². The van der Waals surface area contributed by atoms with Crippen LogP contribution in [0.2, 0.25) is 0 Å². The first kappa shape index (κ1) is 19.5. The maximum atomic E-state index is 12.5. The number of fused-ring (bicyclic) bond motifs is 1. The second kappa shape index (κ2) is 6.73. The summed E-state index contributed by atoms with van der Waals surface area (Å²) in [4.78, 5) is 36.2. The first-order valence-corrected chi connectivity index (χ1v) is 8.85. The van der Waals surface area contributed by atoms with Crippen molar-refractivity contribution in [2.45, 2.75) is 45.2 Å². The van der Waals surface area contributed by atoms with Gasteiger partial charge in [0.05, 0.1) is 18.6 Å². The molecule has 7 atom stereocenters. The third-order valence-electron chi connectivity index (χ3n) is 6.14. The summed E-state index contributed by atoms with van der Waals surface area (Å²) >= 11 is 0. The van der Waals surface area contributed by atoms with Crippen molar-refractivity contribution in [1.29, 1.82) is 0 Å². The average Bonchev–Trinajstić information content (AvgIpc) is 3.45. The molecule has 7 nitrogen and oxygen atoms in total. The lowest BCUT2D eigenvalue weighted by molar-refractivity contribution is -0.195. The summed E-state index contributed by atoms with van der Waals surface area (Å²) in [5.41, 5.74) is -0.363. The van der Waals surface area contributed by atoms with Crippen molar-refractivity contribution in [2.75, 3.05) is 6.61 Å².